The molecule has 1 amide bonds. The molecule has 0 saturated heterocycles. The quantitative estimate of drug-likeness (QED) is 0.861. The maximum absolute atomic E-state index is 11.7. The number of amides is 1. The highest BCUT2D eigenvalue weighted by molar-refractivity contribution is 5.94. The van der Waals surface area contributed by atoms with E-state index in [4.69, 9.17) is 0 Å². The van der Waals surface area contributed by atoms with Crippen LogP contribution in [0.5, 0.6) is 0 Å². The van der Waals surface area contributed by atoms with Gasteiger partial charge in [-0.1, -0.05) is 25.3 Å². The Hall–Kier alpha value is -2.03. The number of nitrogens with one attached hydrogen (secondary N) is 1. The molecule has 0 aliphatic heterocycles. The Morgan fingerprint density at radius 3 is 2.00 bits per heavy atom. The highest BCUT2D eigenvalue weighted by atomic mass is 16.2. The molecule has 90 valence electrons. The number of rotatable bonds is 4. The average Bonchev–Trinajstić information content (AvgIpc) is 2.27. The lowest BCUT2D eigenvalue weighted by Crippen LogP contribution is -2.21. The van der Waals surface area contributed by atoms with Crippen molar-refractivity contribution in [3.05, 3.63) is 54.2 Å². The smallest absolute Gasteiger partial charge is 0.253 e. The third-order valence-corrected chi connectivity index (χ3v) is 2.25. The van der Waals surface area contributed by atoms with Gasteiger partial charge in [0.15, 0.2) is 0 Å². The van der Waals surface area contributed by atoms with Crippen molar-refractivity contribution in [2.24, 2.45) is 0 Å². The molecule has 3 heteroatoms. The molecule has 3 nitrogen and oxygen atoms in total. The summed E-state index contributed by atoms with van der Waals surface area (Å²) in [6.45, 7) is 9.53. The van der Waals surface area contributed by atoms with Gasteiger partial charge in [0.05, 0.1) is 0 Å². The minimum Gasteiger partial charge on any atom is -0.360 e. The number of nitrogens with zero attached hydrogens (tertiary/aromatic N) is 1. The third-order valence-electron chi connectivity index (χ3n) is 2.25. The highest BCUT2D eigenvalue weighted by Crippen LogP contribution is 2.12. The molecule has 0 saturated carbocycles. The van der Waals surface area contributed by atoms with E-state index in [2.05, 4.69) is 18.5 Å². The first-order valence-electron chi connectivity index (χ1n) is 5.35. The molecule has 1 rings (SSSR count). The molecule has 0 aliphatic rings. The van der Waals surface area contributed by atoms with Gasteiger partial charge in [-0.3, -0.25) is 4.79 Å². The summed E-state index contributed by atoms with van der Waals surface area (Å²) in [6, 6.07) is 7.33. The van der Waals surface area contributed by atoms with Crippen molar-refractivity contribution in [1.82, 2.24) is 10.2 Å². The van der Waals surface area contributed by atoms with E-state index >= 15 is 0 Å². The predicted octanol–water partition coefficient (Wildman–Crippen LogP) is 2.48. The molecule has 0 spiro atoms. The largest absolute Gasteiger partial charge is 0.360 e. The summed E-state index contributed by atoms with van der Waals surface area (Å²) in [6.07, 6.45) is 0. The van der Waals surface area contributed by atoms with E-state index in [-0.39, 0.29) is 5.91 Å². The first-order chi connectivity index (χ1) is 7.91. The maximum Gasteiger partial charge on any atom is 0.253 e. The Morgan fingerprint density at radius 2 is 1.59 bits per heavy atom. The van der Waals surface area contributed by atoms with Gasteiger partial charge in [0.1, 0.15) is 0 Å². The lowest BCUT2D eigenvalue weighted by molar-refractivity contribution is 0.0827. The minimum absolute atomic E-state index is 0.00461. The molecule has 0 heterocycles. The van der Waals surface area contributed by atoms with E-state index in [9.17, 15) is 4.79 Å². The molecular formula is C14H18N2O. The zero-order valence-corrected chi connectivity index (χ0v) is 10.6. The van der Waals surface area contributed by atoms with Crippen LogP contribution in [0.3, 0.4) is 0 Å². The molecule has 0 aliphatic carbocycles. The zero-order chi connectivity index (χ0) is 13.0. The first-order valence-corrected chi connectivity index (χ1v) is 5.35. The van der Waals surface area contributed by atoms with Crippen molar-refractivity contribution in [2.45, 2.75) is 6.92 Å². The number of hydrogen-bond donors (Lipinski definition) is 1. The van der Waals surface area contributed by atoms with Gasteiger partial charge in [-0.15, -0.1) is 0 Å². The maximum atomic E-state index is 11.7. The van der Waals surface area contributed by atoms with Crippen LogP contribution in [-0.2, 0) is 0 Å². The van der Waals surface area contributed by atoms with E-state index in [0.29, 0.717) is 5.56 Å². The van der Waals surface area contributed by atoms with Crippen molar-refractivity contribution in [1.29, 1.82) is 0 Å². The summed E-state index contributed by atoms with van der Waals surface area (Å²) in [4.78, 5) is 13.2. The van der Waals surface area contributed by atoms with Gasteiger partial charge >= 0.3 is 0 Å². The van der Waals surface area contributed by atoms with Crippen molar-refractivity contribution in [3.8, 4) is 0 Å². The number of carbonyl (C=O) groups is 1. The summed E-state index contributed by atoms with van der Waals surface area (Å²) >= 11 is 0. The summed E-state index contributed by atoms with van der Waals surface area (Å²) in [5.74, 6) is -0.00461. The second-order valence-corrected chi connectivity index (χ2v) is 4.16. The van der Waals surface area contributed by atoms with Crippen molar-refractivity contribution in [3.63, 3.8) is 0 Å². The van der Waals surface area contributed by atoms with Crippen LogP contribution in [0.1, 0.15) is 22.8 Å². The van der Waals surface area contributed by atoms with E-state index in [1.54, 1.807) is 31.1 Å². The Bertz CT molecular complexity index is 444. The van der Waals surface area contributed by atoms with Gasteiger partial charge in [0.25, 0.3) is 5.91 Å². The van der Waals surface area contributed by atoms with Gasteiger partial charge in [0, 0.05) is 31.1 Å². The van der Waals surface area contributed by atoms with Crippen LogP contribution in [0.15, 0.2) is 43.1 Å². The molecule has 0 radical (unpaired) electrons. The SMILES string of the molecule is C=C(C)NC(=C)c1ccc(C(=O)N(C)C)cc1. The van der Waals surface area contributed by atoms with Crippen LogP contribution in [0.25, 0.3) is 5.70 Å². The molecule has 0 atom stereocenters. The lowest BCUT2D eigenvalue weighted by Gasteiger charge is -2.12. The van der Waals surface area contributed by atoms with Crippen LogP contribution in [-0.4, -0.2) is 24.9 Å². The summed E-state index contributed by atoms with van der Waals surface area (Å²) in [5, 5.41) is 3.05. The number of allylic oxidation sites excluding steroid dienone is 1. The van der Waals surface area contributed by atoms with Gasteiger partial charge in [-0.05, 0) is 24.6 Å². The van der Waals surface area contributed by atoms with Crippen LogP contribution in [0.2, 0.25) is 0 Å². The fourth-order valence-corrected chi connectivity index (χ4v) is 1.40. The number of carbonyl (C=O) groups excluding carboxylic acids is 1. The van der Waals surface area contributed by atoms with Crippen LogP contribution < -0.4 is 5.32 Å². The number of hydrogen-bond acceptors (Lipinski definition) is 2. The predicted molar refractivity (Wildman–Crippen MR) is 71.4 cm³/mol. The topological polar surface area (TPSA) is 32.3 Å². The highest BCUT2D eigenvalue weighted by Gasteiger charge is 2.07. The van der Waals surface area contributed by atoms with E-state index in [1.807, 2.05) is 19.1 Å². The minimum atomic E-state index is -0.00461. The lowest BCUT2D eigenvalue weighted by atomic mass is 10.1. The van der Waals surface area contributed by atoms with Gasteiger partial charge < -0.3 is 10.2 Å². The zero-order valence-electron chi connectivity index (χ0n) is 10.6. The monoisotopic (exact) mass is 230 g/mol. The van der Waals surface area contributed by atoms with Crippen LogP contribution >= 0.6 is 0 Å². The van der Waals surface area contributed by atoms with Crippen LogP contribution in [0, 0.1) is 0 Å². The Balaban J connectivity index is 2.85. The fraction of sp³-hybridized carbons (Fsp3) is 0.214. The van der Waals surface area contributed by atoms with Gasteiger partial charge in [-0.25, -0.2) is 0 Å². The average molecular weight is 230 g/mol. The summed E-state index contributed by atoms with van der Waals surface area (Å²) in [5.41, 5.74) is 3.23. The first kappa shape index (κ1) is 13.0. The van der Waals surface area contributed by atoms with Gasteiger partial charge in [0.2, 0.25) is 0 Å². The van der Waals surface area contributed by atoms with E-state index in [1.165, 1.54) is 0 Å². The third kappa shape index (κ3) is 3.48. The molecule has 17 heavy (non-hydrogen) atoms. The second-order valence-electron chi connectivity index (χ2n) is 4.16. The number of benzene rings is 1. The van der Waals surface area contributed by atoms with Crippen LogP contribution in [0.4, 0.5) is 0 Å². The van der Waals surface area contributed by atoms with Gasteiger partial charge in [-0.2, -0.15) is 0 Å². The summed E-state index contributed by atoms with van der Waals surface area (Å²) < 4.78 is 0. The molecule has 0 bridgehead atoms. The molecule has 1 N–H and O–H groups in total. The molecule has 1 aromatic carbocycles. The Kier molecular flexibility index (Phi) is 4.10. The van der Waals surface area contributed by atoms with Crippen molar-refractivity contribution >= 4 is 11.6 Å². The molecule has 1 aromatic rings. The molecule has 0 aromatic heterocycles. The van der Waals surface area contributed by atoms with E-state index in [0.717, 1.165) is 17.0 Å². The molecule has 0 unspecified atom stereocenters. The Morgan fingerprint density at radius 1 is 1.12 bits per heavy atom. The van der Waals surface area contributed by atoms with Crippen molar-refractivity contribution in [2.75, 3.05) is 14.1 Å². The van der Waals surface area contributed by atoms with E-state index < -0.39 is 0 Å². The normalized spacial score (nSPS) is 9.59. The summed E-state index contributed by atoms with van der Waals surface area (Å²) in [7, 11) is 3.47. The van der Waals surface area contributed by atoms with Crippen molar-refractivity contribution < 1.29 is 4.79 Å². The Labute approximate surface area is 102 Å². The fourth-order valence-electron chi connectivity index (χ4n) is 1.40. The molecular weight excluding hydrogens is 212 g/mol. The standard InChI is InChI=1S/C14H18N2O/c1-10(2)15-11(3)12-6-8-13(9-7-12)14(17)16(4)5/h6-9,15H,1,3H2,2,4-5H3. The molecule has 0 fully saturated rings. The second kappa shape index (κ2) is 5.34.